The number of nitrogens with zero attached hydrogens (tertiary/aromatic N) is 1. The molecule has 1 aromatic heterocycles. The SMILES string of the molecule is O=C(O)CC[S+]1C(=O)CCNc2cccnc21. The average Bonchev–Trinajstić information content (AvgIpc) is 2.45. The van der Waals surface area contributed by atoms with E-state index < -0.39 is 16.9 Å². The van der Waals surface area contributed by atoms with Crippen molar-refractivity contribution in [3.05, 3.63) is 18.3 Å². The van der Waals surface area contributed by atoms with E-state index in [2.05, 4.69) is 10.3 Å². The predicted octanol–water partition coefficient (Wildman–Crippen LogP) is 0.876. The second-order valence-electron chi connectivity index (χ2n) is 3.64. The van der Waals surface area contributed by atoms with Crippen LogP contribution in [0.2, 0.25) is 0 Å². The van der Waals surface area contributed by atoms with Gasteiger partial charge in [-0.05, 0) is 12.1 Å². The number of hydrogen-bond donors (Lipinski definition) is 2. The quantitative estimate of drug-likeness (QED) is 0.782. The lowest BCUT2D eigenvalue weighted by atomic mass is 10.4. The Labute approximate surface area is 102 Å². The zero-order chi connectivity index (χ0) is 12.3. The van der Waals surface area contributed by atoms with Crippen LogP contribution in [-0.2, 0) is 20.5 Å². The van der Waals surface area contributed by atoms with Crippen molar-refractivity contribution >= 4 is 27.7 Å². The number of carboxylic acids is 1. The molecule has 1 aliphatic heterocycles. The molecule has 1 unspecified atom stereocenters. The summed E-state index contributed by atoms with van der Waals surface area (Å²) in [6, 6.07) is 3.68. The average molecular weight is 253 g/mol. The fraction of sp³-hybridized carbons (Fsp3) is 0.364. The van der Waals surface area contributed by atoms with Gasteiger partial charge in [0.05, 0.1) is 12.8 Å². The van der Waals surface area contributed by atoms with E-state index in [0.29, 0.717) is 23.7 Å². The molecular weight excluding hydrogens is 240 g/mol. The number of fused-ring (bicyclic) bond motifs is 1. The molecule has 0 fully saturated rings. The van der Waals surface area contributed by atoms with Gasteiger partial charge < -0.3 is 10.4 Å². The van der Waals surface area contributed by atoms with E-state index in [9.17, 15) is 9.59 Å². The van der Waals surface area contributed by atoms with E-state index in [1.807, 2.05) is 6.07 Å². The number of nitrogens with one attached hydrogen (secondary N) is 1. The monoisotopic (exact) mass is 253 g/mol. The number of aliphatic carboxylic acids is 1. The van der Waals surface area contributed by atoms with Gasteiger partial charge in [-0.25, -0.2) is 9.78 Å². The fourth-order valence-electron chi connectivity index (χ4n) is 1.65. The van der Waals surface area contributed by atoms with Gasteiger partial charge in [-0.1, -0.05) is 0 Å². The van der Waals surface area contributed by atoms with E-state index in [4.69, 9.17) is 5.11 Å². The normalized spacial score (nSPS) is 19.1. The van der Waals surface area contributed by atoms with Crippen molar-refractivity contribution in [1.29, 1.82) is 0 Å². The molecule has 0 bridgehead atoms. The molecule has 0 amide bonds. The summed E-state index contributed by atoms with van der Waals surface area (Å²) in [7, 11) is -0.696. The Hall–Kier alpha value is -1.56. The largest absolute Gasteiger partial charge is 0.481 e. The second-order valence-corrected chi connectivity index (χ2v) is 5.68. The van der Waals surface area contributed by atoms with E-state index in [1.165, 1.54) is 0 Å². The van der Waals surface area contributed by atoms with Gasteiger partial charge in [0.15, 0.2) is 0 Å². The molecule has 17 heavy (non-hydrogen) atoms. The number of hydrogen-bond acceptors (Lipinski definition) is 4. The van der Waals surface area contributed by atoms with Gasteiger partial charge in [-0.3, -0.25) is 4.79 Å². The van der Waals surface area contributed by atoms with Crippen LogP contribution in [-0.4, -0.2) is 33.5 Å². The van der Waals surface area contributed by atoms with E-state index in [0.717, 1.165) is 5.69 Å². The molecule has 0 saturated carbocycles. The molecule has 0 spiro atoms. The molecule has 2 heterocycles. The summed E-state index contributed by atoms with van der Waals surface area (Å²) in [5.41, 5.74) is 0.854. The maximum absolute atomic E-state index is 11.9. The Morgan fingerprint density at radius 2 is 2.41 bits per heavy atom. The molecule has 2 N–H and O–H groups in total. The minimum Gasteiger partial charge on any atom is -0.481 e. The highest BCUT2D eigenvalue weighted by Crippen LogP contribution is 2.26. The third-order valence-electron chi connectivity index (χ3n) is 2.44. The van der Waals surface area contributed by atoms with Crippen molar-refractivity contribution < 1.29 is 14.7 Å². The molecule has 1 atom stereocenters. The van der Waals surface area contributed by atoms with E-state index in [1.54, 1.807) is 12.3 Å². The second kappa shape index (κ2) is 5.18. The van der Waals surface area contributed by atoms with Crippen molar-refractivity contribution in [2.45, 2.75) is 17.9 Å². The minimum atomic E-state index is -0.875. The minimum absolute atomic E-state index is 0.00483. The Kier molecular flexibility index (Phi) is 3.63. The smallest absolute Gasteiger partial charge is 0.340 e. The van der Waals surface area contributed by atoms with Crippen molar-refractivity contribution in [2.75, 3.05) is 17.6 Å². The molecule has 0 aliphatic carbocycles. The summed E-state index contributed by atoms with van der Waals surface area (Å²) >= 11 is 0. The van der Waals surface area contributed by atoms with Gasteiger partial charge in [0.25, 0.3) is 5.03 Å². The summed E-state index contributed by atoms with van der Waals surface area (Å²) in [5.74, 6) is -0.528. The van der Waals surface area contributed by atoms with Gasteiger partial charge in [0.1, 0.15) is 22.3 Å². The van der Waals surface area contributed by atoms with Crippen LogP contribution in [0.15, 0.2) is 23.4 Å². The maximum Gasteiger partial charge on any atom is 0.340 e. The van der Waals surface area contributed by atoms with Crippen LogP contribution in [0.1, 0.15) is 12.8 Å². The zero-order valence-corrected chi connectivity index (χ0v) is 10.00. The molecule has 0 saturated heterocycles. The summed E-state index contributed by atoms with van der Waals surface area (Å²) in [4.78, 5) is 26.8. The Morgan fingerprint density at radius 3 is 3.18 bits per heavy atom. The molecule has 2 rings (SSSR count). The van der Waals surface area contributed by atoms with Gasteiger partial charge in [0.2, 0.25) is 0 Å². The summed E-state index contributed by atoms with van der Waals surface area (Å²) in [6.45, 7) is 0.591. The van der Waals surface area contributed by atoms with Gasteiger partial charge in [0, 0.05) is 12.7 Å². The van der Waals surface area contributed by atoms with Crippen molar-refractivity contribution in [2.24, 2.45) is 0 Å². The first-order valence-electron chi connectivity index (χ1n) is 5.33. The fourth-order valence-corrected chi connectivity index (χ4v) is 3.61. The number of rotatable bonds is 3. The molecule has 0 aromatic carbocycles. The van der Waals surface area contributed by atoms with E-state index >= 15 is 0 Å². The number of carbonyl (C=O) groups is 2. The third kappa shape index (κ3) is 2.76. The van der Waals surface area contributed by atoms with Gasteiger partial charge in [-0.2, -0.15) is 0 Å². The summed E-state index contributed by atoms with van der Waals surface area (Å²) in [6.07, 6.45) is 2.07. The predicted molar refractivity (Wildman–Crippen MR) is 65.1 cm³/mol. The number of aromatic nitrogens is 1. The third-order valence-corrected chi connectivity index (χ3v) is 4.60. The van der Waals surface area contributed by atoms with Crippen LogP contribution in [0.5, 0.6) is 0 Å². The highest BCUT2D eigenvalue weighted by molar-refractivity contribution is 8.11. The first-order valence-corrected chi connectivity index (χ1v) is 6.72. The number of carbonyl (C=O) groups excluding carboxylic acids is 1. The number of anilines is 1. The molecule has 90 valence electrons. The van der Waals surface area contributed by atoms with Crippen LogP contribution in [0.4, 0.5) is 5.69 Å². The van der Waals surface area contributed by atoms with Crippen molar-refractivity contribution in [3.8, 4) is 0 Å². The Morgan fingerprint density at radius 1 is 1.59 bits per heavy atom. The molecule has 0 radical (unpaired) electrons. The zero-order valence-electron chi connectivity index (χ0n) is 9.18. The van der Waals surface area contributed by atoms with Crippen LogP contribution >= 0.6 is 0 Å². The van der Waals surface area contributed by atoms with Crippen molar-refractivity contribution in [1.82, 2.24) is 4.98 Å². The highest BCUT2D eigenvalue weighted by Gasteiger charge is 2.37. The molecule has 5 nitrogen and oxygen atoms in total. The molecular formula is C11H13N2O3S+. The molecule has 1 aromatic rings. The maximum atomic E-state index is 11.9. The van der Waals surface area contributed by atoms with E-state index in [-0.39, 0.29) is 11.5 Å². The molecule has 1 aliphatic rings. The summed E-state index contributed by atoms with van der Waals surface area (Å²) < 4.78 is 0. The van der Waals surface area contributed by atoms with Crippen LogP contribution < -0.4 is 5.32 Å². The first-order chi connectivity index (χ1) is 8.18. The van der Waals surface area contributed by atoms with Crippen LogP contribution in [0, 0.1) is 0 Å². The summed E-state index contributed by atoms with van der Waals surface area (Å²) in [5, 5.41) is 12.7. The number of carboxylic acid groups (broad SMARTS) is 1. The van der Waals surface area contributed by atoms with Crippen LogP contribution in [0.3, 0.4) is 0 Å². The van der Waals surface area contributed by atoms with Gasteiger partial charge in [-0.15, -0.1) is 0 Å². The first kappa shape index (κ1) is 11.9. The highest BCUT2D eigenvalue weighted by atomic mass is 32.2. The standard InChI is InChI=1S/C11H12N2O3S/c14-9(15)4-7-17-10(16)3-6-12-8-2-1-5-13-11(8)17/h1-2,5,12H,3-4,6-7H2/p+1. The lowest BCUT2D eigenvalue weighted by Crippen LogP contribution is -2.21. The number of pyridine rings is 1. The molecule has 6 heteroatoms. The lowest BCUT2D eigenvalue weighted by molar-refractivity contribution is -0.136. The van der Waals surface area contributed by atoms with Crippen molar-refractivity contribution in [3.63, 3.8) is 0 Å². The lowest BCUT2D eigenvalue weighted by Gasteiger charge is -2.04. The van der Waals surface area contributed by atoms with Gasteiger partial charge >= 0.3 is 11.1 Å². The topological polar surface area (TPSA) is 79.3 Å². The Balaban J connectivity index is 2.27. The van der Waals surface area contributed by atoms with Crippen LogP contribution in [0.25, 0.3) is 0 Å². The Bertz CT molecular complexity index is 450.